The van der Waals surface area contributed by atoms with E-state index in [-0.39, 0.29) is 17.6 Å². The highest BCUT2D eigenvalue weighted by Gasteiger charge is 2.33. The van der Waals surface area contributed by atoms with Crippen molar-refractivity contribution in [3.63, 3.8) is 0 Å². The van der Waals surface area contributed by atoms with E-state index in [0.29, 0.717) is 6.61 Å². The molecule has 172 valence electrons. The monoisotopic (exact) mass is 443 g/mol. The van der Waals surface area contributed by atoms with Crippen LogP contribution in [0.3, 0.4) is 0 Å². The Bertz CT molecular complexity index is 1030. The average molecular weight is 444 g/mol. The number of unbranched alkanes of at least 4 members (excludes halogenated alkanes) is 1. The summed E-state index contributed by atoms with van der Waals surface area (Å²) in [5.74, 6) is 2.32. The number of rotatable bonds is 8. The van der Waals surface area contributed by atoms with E-state index < -0.39 is 0 Å². The Labute approximate surface area is 196 Å². The number of hydrogen-bond donors (Lipinski definition) is 1. The fourth-order valence-electron chi connectivity index (χ4n) is 5.21. The van der Waals surface area contributed by atoms with Gasteiger partial charge in [0.25, 0.3) is 0 Å². The van der Waals surface area contributed by atoms with E-state index in [4.69, 9.17) is 9.47 Å². The largest absolute Gasteiger partial charge is 0.508 e. The van der Waals surface area contributed by atoms with Gasteiger partial charge in [-0.05, 0) is 86.8 Å². The molecule has 3 aromatic rings. The Morgan fingerprint density at radius 3 is 2.45 bits per heavy atom. The summed E-state index contributed by atoms with van der Waals surface area (Å²) in [4.78, 5) is 2.56. The first-order valence-electron chi connectivity index (χ1n) is 12.2. The second-order valence-corrected chi connectivity index (χ2v) is 9.20. The maximum absolute atomic E-state index is 10.2. The molecule has 2 atom stereocenters. The van der Waals surface area contributed by atoms with Gasteiger partial charge in [-0.1, -0.05) is 42.5 Å². The Balaban J connectivity index is 1.29. The Morgan fingerprint density at radius 2 is 1.67 bits per heavy atom. The van der Waals surface area contributed by atoms with Crippen LogP contribution < -0.4 is 9.47 Å². The van der Waals surface area contributed by atoms with Crippen molar-refractivity contribution in [1.29, 1.82) is 0 Å². The maximum atomic E-state index is 10.2. The topological polar surface area (TPSA) is 41.9 Å². The van der Waals surface area contributed by atoms with Crippen molar-refractivity contribution in [2.24, 2.45) is 0 Å². The number of fused-ring (bicyclic) bond motifs is 1. The second kappa shape index (κ2) is 10.3. The standard InChI is InChI=1S/C29H33NO3/c31-24-12-15-28-26(20-24)29(27(21-33-28)22-8-2-1-3-9-22)23-10-13-25(14-11-23)32-19-7-6-18-30-16-4-5-17-30/h1-3,8-15,20,27,29,31H,4-7,16-19,21H2/t27-,29+/m1/s1. The van der Waals surface area contributed by atoms with Gasteiger partial charge in [0, 0.05) is 17.4 Å². The van der Waals surface area contributed by atoms with Gasteiger partial charge >= 0.3 is 0 Å². The van der Waals surface area contributed by atoms with Gasteiger partial charge in [0.15, 0.2) is 0 Å². The van der Waals surface area contributed by atoms with Crippen LogP contribution >= 0.6 is 0 Å². The summed E-state index contributed by atoms with van der Waals surface area (Å²) < 4.78 is 12.1. The number of likely N-dealkylation sites (tertiary alicyclic amines) is 1. The summed E-state index contributed by atoms with van der Waals surface area (Å²) in [5.41, 5.74) is 3.49. The van der Waals surface area contributed by atoms with Crippen LogP contribution in [0.25, 0.3) is 0 Å². The van der Waals surface area contributed by atoms with Gasteiger partial charge < -0.3 is 19.5 Å². The summed E-state index contributed by atoms with van der Waals surface area (Å²) in [7, 11) is 0. The number of phenolic OH excluding ortho intramolecular Hbond substituents is 1. The molecule has 0 bridgehead atoms. The van der Waals surface area contributed by atoms with Gasteiger partial charge in [0.1, 0.15) is 17.2 Å². The minimum absolute atomic E-state index is 0.109. The van der Waals surface area contributed by atoms with Crippen molar-refractivity contribution < 1.29 is 14.6 Å². The van der Waals surface area contributed by atoms with Crippen LogP contribution in [0.5, 0.6) is 17.2 Å². The maximum Gasteiger partial charge on any atom is 0.123 e. The van der Waals surface area contributed by atoms with Crippen molar-refractivity contribution in [1.82, 2.24) is 4.90 Å². The lowest BCUT2D eigenvalue weighted by Gasteiger charge is -2.34. The smallest absolute Gasteiger partial charge is 0.123 e. The average Bonchev–Trinajstić information content (AvgIpc) is 3.38. The molecule has 1 saturated heterocycles. The minimum atomic E-state index is 0.109. The molecule has 0 aliphatic carbocycles. The van der Waals surface area contributed by atoms with E-state index in [1.807, 2.05) is 18.2 Å². The number of phenols is 1. The van der Waals surface area contributed by atoms with Crippen molar-refractivity contribution in [3.8, 4) is 17.2 Å². The quantitative estimate of drug-likeness (QED) is 0.437. The van der Waals surface area contributed by atoms with Crippen molar-refractivity contribution in [3.05, 3.63) is 89.5 Å². The summed E-state index contributed by atoms with van der Waals surface area (Å²) in [6, 6.07) is 24.4. The molecule has 4 nitrogen and oxygen atoms in total. The summed E-state index contributed by atoms with van der Waals surface area (Å²) in [6.07, 6.45) is 4.98. The van der Waals surface area contributed by atoms with Gasteiger partial charge in [-0.15, -0.1) is 0 Å². The highest BCUT2D eigenvalue weighted by atomic mass is 16.5. The predicted octanol–water partition coefficient (Wildman–Crippen LogP) is 5.96. The highest BCUT2D eigenvalue weighted by Crippen LogP contribution is 2.47. The first-order valence-corrected chi connectivity index (χ1v) is 12.2. The normalized spacial score (nSPS) is 20.2. The second-order valence-electron chi connectivity index (χ2n) is 9.20. The number of benzene rings is 3. The van der Waals surface area contributed by atoms with Gasteiger partial charge in [-0.2, -0.15) is 0 Å². The van der Waals surface area contributed by atoms with Crippen molar-refractivity contribution >= 4 is 0 Å². The zero-order valence-electron chi connectivity index (χ0n) is 19.2. The third-order valence-corrected chi connectivity index (χ3v) is 6.95. The van der Waals surface area contributed by atoms with E-state index >= 15 is 0 Å². The molecule has 3 aromatic carbocycles. The molecule has 0 unspecified atom stereocenters. The molecule has 0 amide bonds. The number of nitrogens with zero attached hydrogens (tertiary/aromatic N) is 1. The number of aromatic hydroxyl groups is 1. The minimum Gasteiger partial charge on any atom is -0.508 e. The molecule has 4 heteroatoms. The van der Waals surface area contributed by atoms with Crippen molar-refractivity contribution in [2.75, 3.05) is 32.8 Å². The summed E-state index contributed by atoms with van der Waals surface area (Å²) in [5, 5.41) is 10.2. The molecule has 0 spiro atoms. The molecule has 0 aromatic heterocycles. The zero-order valence-corrected chi connectivity index (χ0v) is 19.2. The molecular formula is C29H33NO3. The number of hydrogen-bond acceptors (Lipinski definition) is 4. The Hall–Kier alpha value is -2.98. The van der Waals surface area contributed by atoms with Crippen LogP contribution in [0, 0.1) is 0 Å². The van der Waals surface area contributed by atoms with E-state index in [0.717, 1.165) is 30.1 Å². The predicted molar refractivity (Wildman–Crippen MR) is 131 cm³/mol. The van der Waals surface area contributed by atoms with Crippen LogP contribution in [0.15, 0.2) is 72.8 Å². The van der Waals surface area contributed by atoms with E-state index in [2.05, 4.69) is 53.4 Å². The Morgan fingerprint density at radius 1 is 0.879 bits per heavy atom. The van der Waals surface area contributed by atoms with Crippen LogP contribution in [-0.2, 0) is 0 Å². The van der Waals surface area contributed by atoms with Gasteiger partial charge in [-0.25, -0.2) is 0 Å². The third-order valence-electron chi connectivity index (χ3n) is 6.95. The summed E-state index contributed by atoms with van der Waals surface area (Å²) >= 11 is 0. The molecule has 5 rings (SSSR count). The Kier molecular flexibility index (Phi) is 6.82. The molecule has 0 radical (unpaired) electrons. The van der Waals surface area contributed by atoms with Crippen molar-refractivity contribution in [2.45, 2.75) is 37.5 Å². The molecule has 1 fully saturated rings. The van der Waals surface area contributed by atoms with E-state index in [9.17, 15) is 5.11 Å². The van der Waals surface area contributed by atoms with Gasteiger partial charge in [-0.3, -0.25) is 0 Å². The molecule has 2 heterocycles. The third kappa shape index (κ3) is 5.17. The summed E-state index contributed by atoms with van der Waals surface area (Å²) in [6.45, 7) is 5.09. The highest BCUT2D eigenvalue weighted by molar-refractivity contribution is 5.51. The molecular weight excluding hydrogens is 410 g/mol. The SMILES string of the molecule is Oc1ccc2c(c1)[C@H](c1ccc(OCCCCN3CCCC3)cc1)[C@@H](c1ccccc1)CO2. The van der Waals surface area contributed by atoms with E-state index in [1.54, 1.807) is 6.07 Å². The first kappa shape index (κ1) is 21.8. The molecule has 1 N–H and O–H groups in total. The zero-order chi connectivity index (χ0) is 22.5. The first-order chi connectivity index (χ1) is 16.3. The lowest BCUT2D eigenvalue weighted by molar-refractivity contribution is 0.248. The molecule has 2 aliphatic heterocycles. The van der Waals surface area contributed by atoms with Crippen LogP contribution in [-0.4, -0.2) is 42.9 Å². The fraction of sp³-hybridized carbons (Fsp3) is 0.379. The van der Waals surface area contributed by atoms with Crippen LogP contribution in [0.4, 0.5) is 0 Å². The lowest BCUT2D eigenvalue weighted by atomic mass is 9.76. The molecule has 0 saturated carbocycles. The van der Waals surface area contributed by atoms with E-state index in [1.165, 1.54) is 50.0 Å². The van der Waals surface area contributed by atoms with Gasteiger partial charge in [0.2, 0.25) is 0 Å². The van der Waals surface area contributed by atoms with Crippen LogP contribution in [0.2, 0.25) is 0 Å². The molecule has 33 heavy (non-hydrogen) atoms. The fourth-order valence-corrected chi connectivity index (χ4v) is 5.21. The van der Waals surface area contributed by atoms with Gasteiger partial charge in [0.05, 0.1) is 13.2 Å². The lowest BCUT2D eigenvalue weighted by Crippen LogP contribution is -2.25. The number of ether oxygens (including phenoxy) is 2. The molecule has 2 aliphatic rings. The van der Waals surface area contributed by atoms with Crippen LogP contribution in [0.1, 0.15) is 54.2 Å².